The molecule has 0 spiro atoms. The van der Waals surface area contributed by atoms with Crippen LogP contribution in [0.5, 0.6) is 5.75 Å². The minimum atomic E-state index is -0.0485. The Labute approximate surface area is 87.8 Å². The Balaban J connectivity index is 2.48. The van der Waals surface area contributed by atoms with Crippen LogP contribution in [0.2, 0.25) is 0 Å². The van der Waals surface area contributed by atoms with E-state index in [4.69, 9.17) is 0 Å². The highest BCUT2D eigenvalue weighted by atomic mass is 16.3. The number of phenolic OH excluding ortho intramolecular Hbond substituents is 1. The van der Waals surface area contributed by atoms with Crippen LogP contribution in [0.3, 0.4) is 0 Å². The highest BCUT2D eigenvalue weighted by Crippen LogP contribution is 2.25. The lowest BCUT2D eigenvalue weighted by molar-refractivity contribution is -0.127. The van der Waals surface area contributed by atoms with Gasteiger partial charge in [0, 0.05) is 12.6 Å². The average Bonchev–Trinajstić information content (AvgIpc) is 2.46. The quantitative estimate of drug-likeness (QED) is 0.748. The number of hydrazone groups is 1. The zero-order valence-electron chi connectivity index (χ0n) is 8.69. The molecule has 0 radical (unpaired) electrons. The Hall–Kier alpha value is -1.84. The van der Waals surface area contributed by atoms with Gasteiger partial charge in [-0.15, -0.1) is 0 Å². The van der Waals surface area contributed by atoms with Crippen molar-refractivity contribution < 1.29 is 9.90 Å². The molecule has 1 aromatic rings. The number of nitrogens with zero attached hydrogens (tertiary/aromatic N) is 2. The van der Waals surface area contributed by atoms with E-state index in [9.17, 15) is 9.90 Å². The first-order valence-corrected chi connectivity index (χ1v) is 4.72. The van der Waals surface area contributed by atoms with Crippen molar-refractivity contribution in [3.8, 4) is 5.75 Å². The van der Waals surface area contributed by atoms with Gasteiger partial charge < -0.3 is 5.11 Å². The first-order chi connectivity index (χ1) is 7.09. The van der Waals surface area contributed by atoms with Crippen molar-refractivity contribution in [2.45, 2.75) is 13.3 Å². The Kier molecular flexibility index (Phi) is 2.19. The van der Waals surface area contributed by atoms with E-state index in [2.05, 4.69) is 5.10 Å². The van der Waals surface area contributed by atoms with Gasteiger partial charge in [0.15, 0.2) is 0 Å². The third kappa shape index (κ3) is 1.58. The molecular weight excluding hydrogens is 192 g/mol. The van der Waals surface area contributed by atoms with Gasteiger partial charge in [-0.2, -0.15) is 5.10 Å². The van der Waals surface area contributed by atoms with Gasteiger partial charge in [0.1, 0.15) is 5.75 Å². The summed E-state index contributed by atoms with van der Waals surface area (Å²) in [4.78, 5) is 11.3. The van der Waals surface area contributed by atoms with Crippen molar-refractivity contribution in [1.82, 2.24) is 5.01 Å². The van der Waals surface area contributed by atoms with Crippen molar-refractivity contribution in [2.75, 3.05) is 7.05 Å². The van der Waals surface area contributed by atoms with E-state index in [1.165, 1.54) is 5.01 Å². The second-order valence-corrected chi connectivity index (χ2v) is 3.61. The molecule has 1 aliphatic rings. The van der Waals surface area contributed by atoms with Crippen LogP contribution in [-0.4, -0.2) is 28.8 Å². The number of phenols is 1. The first-order valence-electron chi connectivity index (χ1n) is 4.72. The van der Waals surface area contributed by atoms with Gasteiger partial charge in [-0.1, -0.05) is 12.1 Å². The van der Waals surface area contributed by atoms with Gasteiger partial charge in [-0.05, 0) is 18.6 Å². The summed E-state index contributed by atoms with van der Waals surface area (Å²) >= 11 is 0. The number of hydrogen-bond acceptors (Lipinski definition) is 3. The van der Waals surface area contributed by atoms with E-state index in [-0.39, 0.29) is 18.1 Å². The number of amides is 1. The average molecular weight is 204 g/mol. The summed E-state index contributed by atoms with van der Waals surface area (Å²) in [5.74, 6) is 0.129. The minimum Gasteiger partial charge on any atom is -0.507 e. The fourth-order valence-corrected chi connectivity index (χ4v) is 1.70. The number of carbonyl (C=O) groups is 1. The Morgan fingerprint density at radius 3 is 2.73 bits per heavy atom. The standard InChI is InChI=1S/C11H12N2O2/c1-7-4-3-5-9(14)11(7)8-6-10(15)13(2)12-8/h3-5,14H,6H2,1-2H3. The molecule has 0 fully saturated rings. The molecule has 0 saturated heterocycles. The molecule has 0 saturated carbocycles. The van der Waals surface area contributed by atoms with Crippen LogP contribution in [0.25, 0.3) is 0 Å². The van der Waals surface area contributed by atoms with Crippen LogP contribution in [0.4, 0.5) is 0 Å². The normalized spacial score (nSPS) is 15.7. The van der Waals surface area contributed by atoms with E-state index in [0.29, 0.717) is 11.3 Å². The Bertz CT molecular complexity index is 432. The molecule has 4 nitrogen and oxygen atoms in total. The third-order valence-corrected chi connectivity index (χ3v) is 2.49. The van der Waals surface area contributed by atoms with Crippen molar-refractivity contribution in [3.05, 3.63) is 29.3 Å². The molecule has 78 valence electrons. The maximum atomic E-state index is 11.3. The van der Waals surface area contributed by atoms with Crippen molar-refractivity contribution in [2.24, 2.45) is 5.10 Å². The molecule has 0 aromatic heterocycles. The number of hydrogen-bond donors (Lipinski definition) is 1. The monoisotopic (exact) mass is 204 g/mol. The lowest BCUT2D eigenvalue weighted by Crippen LogP contribution is -2.14. The lowest BCUT2D eigenvalue weighted by Gasteiger charge is -2.06. The molecule has 1 N–H and O–H groups in total. The van der Waals surface area contributed by atoms with Gasteiger partial charge in [0.25, 0.3) is 0 Å². The van der Waals surface area contributed by atoms with Crippen LogP contribution in [0.1, 0.15) is 17.5 Å². The molecule has 1 heterocycles. The van der Waals surface area contributed by atoms with Crippen LogP contribution in [0.15, 0.2) is 23.3 Å². The molecule has 4 heteroatoms. The molecule has 0 bridgehead atoms. The van der Waals surface area contributed by atoms with Crippen molar-refractivity contribution in [1.29, 1.82) is 0 Å². The molecule has 15 heavy (non-hydrogen) atoms. The second-order valence-electron chi connectivity index (χ2n) is 3.61. The highest BCUT2D eigenvalue weighted by Gasteiger charge is 2.24. The minimum absolute atomic E-state index is 0.0485. The topological polar surface area (TPSA) is 52.9 Å². The van der Waals surface area contributed by atoms with Crippen molar-refractivity contribution in [3.63, 3.8) is 0 Å². The fourth-order valence-electron chi connectivity index (χ4n) is 1.70. The maximum Gasteiger partial charge on any atom is 0.248 e. The Morgan fingerprint density at radius 1 is 1.47 bits per heavy atom. The molecule has 1 aliphatic heterocycles. The van der Waals surface area contributed by atoms with Gasteiger partial charge in [-0.25, -0.2) is 5.01 Å². The number of carbonyl (C=O) groups excluding carboxylic acids is 1. The summed E-state index contributed by atoms with van der Waals surface area (Å²) in [6.07, 6.45) is 0.259. The molecule has 1 amide bonds. The van der Waals surface area contributed by atoms with E-state index in [1.54, 1.807) is 19.2 Å². The summed E-state index contributed by atoms with van der Waals surface area (Å²) in [7, 11) is 1.62. The maximum absolute atomic E-state index is 11.3. The smallest absolute Gasteiger partial charge is 0.248 e. The summed E-state index contributed by atoms with van der Waals surface area (Å²) in [6.45, 7) is 1.89. The predicted molar refractivity (Wildman–Crippen MR) is 56.8 cm³/mol. The summed E-state index contributed by atoms with van der Waals surface area (Å²) in [5.41, 5.74) is 2.24. The lowest BCUT2D eigenvalue weighted by atomic mass is 10.0. The predicted octanol–water partition coefficient (Wildman–Crippen LogP) is 1.27. The van der Waals surface area contributed by atoms with E-state index >= 15 is 0 Å². The van der Waals surface area contributed by atoms with E-state index in [0.717, 1.165) is 5.56 Å². The van der Waals surface area contributed by atoms with Gasteiger partial charge >= 0.3 is 0 Å². The van der Waals surface area contributed by atoms with Gasteiger partial charge in [0.2, 0.25) is 5.91 Å². The zero-order valence-corrected chi connectivity index (χ0v) is 8.69. The molecule has 0 atom stereocenters. The largest absolute Gasteiger partial charge is 0.507 e. The highest BCUT2D eigenvalue weighted by molar-refractivity contribution is 6.15. The third-order valence-electron chi connectivity index (χ3n) is 2.49. The Morgan fingerprint density at radius 2 is 2.20 bits per heavy atom. The number of aromatic hydroxyl groups is 1. The van der Waals surface area contributed by atoms with Gasteiger partial charge in [-0.3, -0.25) is 4.79 Å². The van der Waals surface area contributed by atoms with Crippen LogP contribution in [0, 0.1) is 6.92 Å². The van der Waals surface area contributed by atoms with Crippen LogP contribution < -0.4 is 0 Å². The van der Waals surface area contributed by atoms with Crippen molar-refractivity contribution >= 4 is 11.6 Å². The van der Waals surface area contributed by atoms with E-state index in [1.807, 2.05) is 13.0 Å². The number of aryl methyl sites for hydroxylation is 1. The molecule has 0 unspecified atom stereocenters. The summed E-state index contributed by atoms with van der Waals surface area (Å²) in [5, 5.41) is 15.1. The number of rotatable bonds is 1. The fraction of sp³-hybridized carbons (Fsp3) is 0.273. The molecule has 1 aromatic carbocycles. The number of benzene rings is 1. The first kappa shape index (κ1) is 9.71. The van der Waals surface area contributed by atoms with Gasteiger partial charge in [0.05, 0.1) is 12.1 Å². The van der Waals surface area contributed by atoms with Crippen LogP contribution in [-0.2, 0) is 4.79 Å². The molecular formula is C11H12N2O2. The molecule has 2 rings (SSSR count). The second kappa shape index (κ2) is 3.38. The molecule has 0 aliphatic carbocycles. The summed E-state index contributed by atoms with van der Waals surface area (Å²) in [6, 6.07) is 5.27. The SMILES string of the molecule is Cc1cccc(O)c1C1=NN(C)C(=O)C1. The summed E-state index contributed by atoms with van der Waals surface area (Å²) < 4.78 is 0. The van der Waals surface area contributed by atoms with E-state index < -0.39 is 0 Å². The zero-order chi connectivity index (χ0) is 11.0. The van der Waals surface area contributed by atoms with Crippen LogP contribution >= 0.6 is 0 Å².